The first kappa shape index (κ1) is 23.0. The van der Waals surface area contributed by atoms with E-state index in [-0.39, 0.29) is 21.9 Å². The van der Waals surface area contributed by atoms with Gasteiger partial charge in [-0.15, -0.1) is 0 Å². The normalized spacial score (nSPS) is 12.1. The molecule has 4 aromatic rings. The number of amides is 1. The summed E-state index contributed by atoms with van der Waals surface area (Å²) in [6.07, 6.45) is 5.46. The summed E-state index contributed by atoms with van der Waals surface area (Å²) in [7, 11) is -6.90. The quantitative estimate of drug-likeness (QED) is 0.398. The molecule has 0 fully saturated rings. The predicted molar refractivity (Wildman–Crippen MR) is 127 cm³/mol. The molecule has 2 aromatic heterocycles. The number of fused-ring (bicyclic) bond motifs is 1. The van der Waals surface area contributed by atoms with Crippen molar-refractivity contribution in [2.24, 2.45) is 0 Å². The molecule has 1 amide bonds. The van der Waals surface area contributed by atoms with E-state index in [9.17, 15) is 21.6 Å². The van der Waals surface area contributed by atoms with E-state index >= 15 is 0 Å². The van der Waals surface area contributed by atoms with E-state index in [1.807, 2.05) is 6.07 Å². The van der Waals surface area contributed by atoms with Gasteiger partial charge in [0.1, 0.15) is 0 Å². The standard InChI is InChI=1S/C22H19N3O5S3/c1-32(27,28)17-7-3-6-16(11-17)21(26)25(14-15-5-4-10-23-13-15)22-24-19-9-8-18(33(2,29)30)12-20(19)31-22/h3-13H,14H2,1-2H3. The lowest BCUT2D eigenvalue weighted by molar-refractivity contribution is 0.0985. The van der Waals surface area contributed by atoms with Crippen molar-refractivity contribution in [3.05, 3.63) is 78.1 Å². The summed E-state index contributed by atoms with van der Waals surface area (Å²) in [5, 5.41) is 0.356. The van der Waals surface area contributed by atoms with Crippen molar-refractivity contribution < 1.29 is 21.6 Å². The minimum absolute atomic E-state index is 0.0387. The number of sulfone groups is 2. The molecule has 0 radical (unpaired) electrons. The van der Waals surface area contributed by atoms with E-state index < -0.39 is 25.6 Å². The predicted octanol–water partition coefficient (Wildman–Crippen LogP) is 3.35. The lowest BCUT2D eigenvalue weighted by atomic mass is 10.2. The highest BCUT2D eigenvalue weighted by Crippen LogP contribution is 2.32. The second-order valence-corrected chi connectivity index (χ2v) is 12.5. The van der Waals surface area contributed by atoms with Gasteiger partial charge in [0.05, 0.1) is 26.6 Å². The Hall–Kier alpha value is -3.15. The lowest BCUT2D eigenvalue weighted by Crippen LogP contribution is -2.30. The molecule has 0 bridgehead atoms. The Balaban J connectivity index is 1.81. The van der Waals surface area contributed by atoms with Crippen LogP contribution in [0, 0.1) is 0 Å². The summed E-state index contributed by atoms with van der Waals surface area (Å²) in [5.41, 5.74) is 1.50. The lowest BCUT2D eigenvalue weighted by Gasteiger charge is -2.20. The molecule has 2 heterocycles. The maximum atomic E-state index is 13.5. The van der Waals surface area contributed by atoms with Crippen molar-refractivity contribution in [1.29, 1.82) is 0 Å². The maximum Gasteiger partial charge on any atom is 0.260 e. The number of thiazole rings is 1. The van der Waals surface area contributed by atoms with Crippen LogP contribution in [-0.2, 0) is 26.2 Å². The smallest absolute Gasteiger partial charge is 0.260 e. The van der Waals surface area contributed by atoms with Crippen molar-refractivity contribution in [3.8, 4) is 0 Å². The number of aromatic nitrogens is 2. The average molecular weight is 502 g/mol. The third-order valence-electron chi connectivity index (χ3n) is 4.83. The molecule has 4 rings (SSSR count). The second-order valence-electron chi connectivity index (χ2n) is 7.45. The Morgan fingerprint density at radius 2 is 1.67 bits per heavy atom. The molecule has 170 valence electrons. The summed E-state index contributed by atoms with van der Waals surface area (Å²) < 4.78 is 48.4. The Kier molecular flexibility index (Phi) is 6.04. The first-order valence-electron chi connectivity index (χ1n) is 9.64. The van der Waals surface area contributed by atoms with Gasteiger partial charge in [-0.3, -0.25) is 14.7 Å². The van der Waals surface area contributed by atoms with Crippen molar-refractivity contribution >= 4 is 52.3 Å². The number of pyridine rings is 1. The molecule has 33 heavy (non-hydrogen) atoms. The average Bonchev–Trinajstić information content (AvgIpc) is 3.20. The zero-order chi connectivity index (χ0) is 23.8. The number of carbonyl (C=O) groups is 1. The summed E-state index contributed by atoms with van der Waals surface area (Å²) >= 11 is 1.18. The van der Waals surface area contributed by atoms with Crippen molar-refractivity contribution in [3.63, 3.8) is 0 Å². The molecule has 0 atom stereocenters. The van der Waals surface area contributed by atoms with Gasteiger partial charge in [0.25, 0.3) is 5.91 Å². The highest BCUT2D eigenvalue weighted by molar-refractivity contribution is 7.91. The number of hydrogen-bond donors (Lipinski definition) is 0. The number of anilines is 1. The van der Waals surface area contributed by atoms with E-state index in [1.54, 1.807) is 30.6 Å². The minimum Gasteiger partial charge on any atom is -0.279 e. The van der Waals surface area contributed by atoms with Gasteiger partial charge in [-0.2, -0.15) is 0 Å². The zero-order valence-corrected chi connectivity index (χ0v) is 20.1. The van der Waals surface area contributed by atoms with Crippen LogP contribution in [0.1, 0.15) is 15.9 Å². The molecule has 0 unspecified atom stereocenters. The Labute approximate surface area is 195 Å². The van der Waals surface area contributed by atoms with Gasteiger partial charge in [-0.25, -0.2) is 21.8 Å². The zero-order valence-electron chi connectivity index (χ0n) is 17.7. The fraction of sp³-hybridized carbons (Fsp3) is 0.136. The Morgan fingerprint density at radius 1 is 0.939 bits per heavy atom. The van der Waals surface area contributed by atoms with E-state index in [4.69, 9.17) is 0 Å². The number of nitrogens with zero attached hydrogens (tertiary/aromatic N) is 3. The number of carbonyl (C=O) groups excluding carboxylic acids is 1. The molecule has 0 N–H and O–H groups in total. The minimum atomic E-state index is -3.50. The van der Waals surface area contributed by atoms with Crippen LogP contribution in [0.3, 0.4) is 0 Å². The molecule has 0 saturated carbocycles. The van der Waals surface area contributed by atoms with Gasteiger partial charge in [-0.05, 0) is 48.0 Å². The Bertz CT molecular complexity index is 1560. The van der Waals surface area contributed by atoms with Gasteiger partial charge >= 0.3 is 0 Å². The molecule has 0 aliphatic carbocycles. The number of rotatable bonds is 6. The van der Waals surface area contributed by atoms with Crippen LogP contribution in [0.25, 0.3) is 10.2 Å². The van der Waals surface area contributed by atoms with E-state index in [0.29, 0.717) is 15.3 Å². The van der Waals surface area contributed by atoms with Gasteiger partial charge in [-0.1, -0.05) is 23.5 Å². The number of hydrogen-bond acceptors (Lipinski definition) is 8. The summed E-state index contributed by atoms with van der Waals surface area (Å²) in [6.45, 7) is 0.147. The molecule has 0 aliphatic rings. The highest BCUT2D eigenvalue weighted by Gasteiger charge is 2.23. The van der Waals surface area contributed by atoms with E-state index in [0.717, 1.165) is 18.1 Å². The summed E-state index contributed by atoms with van der Waals surface area (Å²) in [6, 6.07) is 14.0. The van der Waals surface area contributed by atoms with Crippen molar-refractivity contribution in [1.82, 2.24) is 9.97 Å². The van der Waals surface area contributed by atoms with Gasteiger partial charge < -0.3 is 0 Å². The molecule has 0 spiro atoms. The fourth-order valence-corrected chi connectivity index (χ4v) is 5.55. The first-order chi connectivity index (χ1) is 15.5. The van der Waals surface area contributed by atoms with Crippen LogP contribution in [0.4, 0.5) is 5.13 Å². The first-order valence-corrected chi connectivity index (χ1v) is 14.2. The van der Waals surface area contributed by atoms with Crippen LogP contribution in [-0.4, -0.2) is 45.2 Å². The fourth-order valence-electron chi connectivity index (χ4n) is 3.16. The third kappa shape index (κ3) is 5.10. The van der Waals surface area contributed by atoms with Crippen LogP contribution >= 0.6 is 11.3 Å². The largest absolute Gasteiger partial charge is 0.279 e. The molecule has 2 aromatic carbocycles. The van der Waals surface area contributed by atoms with Crippen LogP contribution in [0.5, 0.6) is 0 Å². The molecule has 8 nitrogen and oxygen atoms in total. The molecule has 0 aliphatic heterocycles. The van der Waals surface area contributed by atoms with E-state index in [2.05, 4.69) is 9.97 Å². The van der Waals surface area contributed by atoms with Gasteiger partial charge in [0, 0.05) is 30.5 Å². The van der Waals surface area contributed by atoms with Crippen LogP contribution in [0.15, 0.2) is 76.8 Å². The molecular weight excluding hydrogens is 482 g/mol. The SMILES string of the molecule is CS(=O)(=O)c1cccc(C(=O)N(Cc2cccnc2)c2nc3ccc(S(C)(=O)=O)cc3s2)c1. The Morgan fingerprint density at radius 3 is 2.33 bits per heavy atom. The summed E-state index contributed by atoms with van der Waals surface area (Å²) in [4.78, 5) is 23.8. The van der Waals surface area contributed by atoms with E-state index in [1.165, 1.54) is 46.6 Å². The second kappa shape index (κ2) is 8.65. The summed E-state index contributed by atoms with van der Waals surface area (Å²) in [5.74, 6) is -0.438. The van der Waals surface area contributed by atoms with Crippen molar-refractivity contribution in [2.75, 3.05) is 17.4 Å². The molecule has 11 heteroatoms. The monoisotopic (exact) mass is 501 g/mol. The topological polar surface area (TPSA) is 114 Å². The third-order valence-corrected chi connectivity index (χ3v) is 8.09. The van der Waals surface area contributed by atoms with Crippen LogP contribution < -0.4 is 4.90 Å². The molecule has 0 saturated heterocycles. The highest BCUT2D eigenvalue weighted by atomic mass is 32.2. The van der Waals surface area contributed by atoms with Crippen molar-refractivity contribution in [2.45, 2.75) is 16.3 Å². The molecular formula is C22H19N3O5S3. The van der Waals surface area contributed by atoms with Crippen LogP contribution in [0.2, 0.25) is 0 Å². The van der Waals surface area contributed by atoms with Gasteiger partial charge in [0.15, 0.2) is 24.8 Å². The van der Waals surface area contributed by atoms with Gasteiger partial charge in [0.2, 0.25) is 0 Å². The maximum absolute atomic E-state index is 13.5. The number of benzene rings is 2.